The minimum absolute atomic E-state index is 0.0205. The average Bonchev–Trinajstić information content (AvgIpc) is 2.97. The van der Waals surface area contributed by atoms with Gasteiger partial charge in [0.2, 0.25) is 12.6 Å². The maximum absolute atomic E-state index is 13.0. The number of aromatic hydroxyl groups is 1. The molecule has 2 aromatic rings. The van der Waals surface area contributed by atoms with Gasteiger partial charge in [0.15, 0.2) is 5.78 Å². The van der Waals surface area contributed by atoms with Crippen molar-refractivity contribution in [1.29, 1.82) is 0 Å². The standard InChI is InChI=1S/C28H36O14/c1-12(31)20-15(7-4-13-2-5-14(32)6-3-13)16(39-27-25(37)23(35)21(33)18(10-29)41-27)8-9-17(20)40-28-26(38)24(36)22(34)19(11-30)42-28/h2-3,5-6,8-9,18-19,21-30,32-38H,4,7,10-11H2,1H3. The molecule has 14 heteroatoms. The lowest BCUT2D eigenvalue weighted by Crippen LogP contribution is -2.60. The highest BCUT2D eigenvalue weighted by atomic mass is 16.7. The molecule has 4 rings (SSSR count). The van der Waals surface area contributed by atoms with Gasteiger partial charge < -0.3 is 64.9 Å². The van der Waals surface area contributed by atoms with Crippen LogP contribution in [0.15, 0.2) is 36.4 Å². The summed E-state index contributed by atoms with van der Waals surface area (Å²) < 4.78 is 22.6. The van der Waals surface area contributed by atoms with E-state index in [1.807, 2.05) is 0 Å². The highest BCUT2D eigenvalue weighted by molar-refractivity contribution is 5.99. The summed E-state index contributed by atoms with van der Waals surface area (Å²) in [5.74, 6) is -0.502. The fraction of sp³-hybridized carbons (Fsp3) is 0.536. The number of rotatable bonds is 10. The minimum atomic E-state index is -1.74. The Morgan fingerprint density at radius 2 is 1.17 bits per heavy atom. The summed E-state index contributed by atoms with van der Waals surface area (Å²) in [5, 5.41) is 90.3. The highest BCUT2D eigenvalue weighted by Crippen LogP contribution is 2.36. The van der Waals surface area contributed by atoms with Crippen LogP contribution in [0, 0.1) is 0 Å². The molecule has 2 aromatic carbocycles. The second kappa shape index (κ2) is 13.6. The molecule has 10 atom stereocenters. The molecule has 14 nitrogen and oxygen atoms in total. The van der Waals surface area contributed by atoms with Crippen molar-refractivity contribution in [2.45, 2.75) is 81.2 Å². The molecule has 10 unspecified atom stereocenters. The van der Waals surface area contributed by atoms with Crippen LogP contribution < -0.4 is 9.47 Å². The first kappa shape index (κ1) is 32.0. The fourth-order valence-corrected chi connectivity index (χ4v) is 4.96. The van der Waals surface area contributed by atoms with E-state index in [9.17, 15) is 50.8 Å². The minimum Gasteiger partial charge on any atom is -0.508 e. The largest absolute Gasteiger partial charge is 0.508 e. The van der Waals surface area contributed by atoms with Crippen molar-refractivity contribution in [2.24, 2.45) is 0 Å². The van der Waals surface area contributed by atoms with Crippen molar-refractivity contribution in [2.75, 3.05) is 13.2 Å². The first-order valence-electron chi connectivity index (χ1n) is 13.4. The van der Waals surface area contributed by atoms with E-state index in [0.717, 1.165) is 5.56 Å². The van der Waals surface area contributed by atoms with Gasteiger partial charge in [-0.3, -0.25) is 4.79 Å². The third-order valence-electron chi connectivity index (χ3n) is 7.37. The van der Waals surface area contributed by atoms with Crippen LogP contribution in [-0.4, -0.2) is 126 Å². The molecule has 0 bridgehead atoms. The molecule has 0 saturated carbocycles. The van der Waals surface area contributed by atoms with Gasteiger partial charge in [-0.25, -0.2) is 0 Å². The molecule has 2 fully saturated rings. The molecule has 2 aliphatic rings. The van der Waals surface area contributed by atoms with Crippen molar-refractivity contribution < 1.29 is 69.7 Å². The first-order valence-corrected chi connectivity index (χ1v) is 13.4. The smallest absolute Gasteiger partial charge is 0.229 e. The molecular formula is C28H36O14. The Kier molecular flexibility index (Phi) is 10.4. The molecule has 0 aliphatic carbocycles. The molecule has 232 valence electrons. The SMILES string of the molecule is CC(=O)c1c(OC2OC(CO)C(O)C(O)C2O)ccc(OC2OC(CO)C(O)C(O)C2O)c1CCc1ccc(O)cc1. The third-order valence-corrected chi connectivity index (χ3v) is 7.37. The van der Waals surface area contributed by atoms with E-state index >= 15 is 0 Å². The van der Waals surface area contributed by atoms with E-state index in [1.165, 1.54) is 31.2 Å². The lowest BCUT2D eigenvalue weighted by atomic mass is 9.95. The number of aliphatic hydroxyl groups excluding tert-OH is 8. The van der Waals surface area contributed by atoms with Crippen LogP contribution >= 0.6 is 0 Å². The van der Waals surface area contributed by atoms with Crippen LogP contribution in [0.2, 0.25) is 0 Å². The third kappa shape index (κ3) is 6.68. The summed E-state index contributed by atoms with van der Waals surface area (Å²) in [6, 6.07) is 9.02. The molecule has 0 amide bonds. The number of ketones is 1. The lowest BCUT2D eigenvalue weighted by molar-refractivity contribution is -0.278. The molecule has 0 spiro atoms. The maximum atomic E-state index is 13.0. The van der Waals surface area contributed by atoms with E-state index < -0.39 is 80.4 Å². The lowest BCUT2D eigenvalue weighted by Gasteiger charge is -2.40. The van der Waals surface area contributed by atoms with Crippen molar-refractivity contribution in [3.63, 3.8) is 0 Å². The van der Waals surface area contributed by atoms with E-state index in [0.29, 0.717) is 6.42 Å². The number of benzene rings is 2. The monoisotopic (exact) mass is 596 g/mol. The van der Waals surface area contributed by atoms with Crippen molar-refractivity contribution in [3.8, 4) is 17.2 Å². The Hall–Kier alpha value is -2.89. The van der Waals surface area contributed by atoms with E-state index in [4.69, 9.17) is 18.9 Å². The number of hydrogen-bond acceptors (Lipinski definition) is 14. The van der Waals surface area contributed by atoms with Crippen molar-refractivity contribution in [1.82, 2.24) is 0 Å². The molecule has 9 N–H and O–H groups in total. The highest BCUT2D eigenvalue weighted by Gasteiger charge is 2.46. The molecule has 0 aromatic heterocycles. The number of hydrogen-bond donors (Lipinski definition) is 9. The quantitative estimate of drug-likeness (QED) is 0.132. The Bertz CT molecular complexity index is 1200. The first-order chi connectivity index (χ1) is 20.0. The summed E-state index contributed by atoms with van der Waals surface area (Å²) in [6.07, 6.45) is -15.3. The van der Waals surface area contributed by atoms with Gasteiger partial charge >= 0.3 is 0 Å². The second-order valence-electron chi connectivity index (χ2n) is 10.3. The van der Waals surface area contributed by atoms with E-state index in [-0.39, 0.29) is 34.8 Å². The number of aryl methyl sites for hydroxylation is 1. The van der Waals surface area contributed by atoms with Gasteiger partial charge in [0.1, 0.15) is 66.1 Å². The van der Waals surface area contributed by atoms with Crippen LogP contribution in [0.25, 0.3) is 0 Å². The molecular weight excluding hydrogens is 560 g/mol. The number of phenolic OH excluding ortho intramolecular Hbond substituents is 1. The summed E-state index contributed by atoms with van der Waals surface area (Å²) in [7, 11) is 0. The number of carbonyl (C=O) groups excluding carboxylic acids is 1. The Morgan fingerprint density at radius 1 is 0.690 bits per heavy atom. The molecule has 2 saturated heterocycles. The zero-order chi connectivity index (χ0) is 30.7. The second-order valence-corrected chi connectivity index (χ2v) is 10.3. The van der Waals surface area contributed by atoms with Crippen LogP contribution in [0.5, 0.6) is 17.2 Å². The van der Waals surface area contributed by atoms with Crippen LogP contribution in [0.1, 0.15) is 28.4 Å². The number of phenols is 1. The molecule has 2 heterocycles. The van der Waals surface area contributed by atoms with E-state index in [2.05, 4.69) is 0 Å². The van der Waals surface area contributed by atoms with Crippen LogP contribution in [0.4, 0.5) is 0 Å². The molecule has 42 heavy (non-hydrogen) atoms. The van der Waals surface area contributed by atoms with Gasteiger partial charge in [-0.2, -0.15) is 0 Å². The Morgan fingerprint density at radius 3 is 1.64 bits per heavy atom. The van der Waals surface area contributed by atoms with Gasteiger partial charge in [0.25, 0.3) is 0 Å². The van der Waals surface area contributed by atoms with Gasteiger partial charge in [0, 0.05) is 5.56 Å². The normalized spacial score (nSPS) is 33.3. The summed E-state index contributed by atoms with van der Waals surface area (Å²) in [5.41, 5.74) is 1.02. The predicted molar refractivity (Wildman–Crippen MR) is 141 cm³/mol. The molecule has 2 aliphatic heterocycles. The zero-order valence-electron chi connectivity index (χ0n) is 22.6. The summed E-state index contributed by atoms with van der Waals surface area (Å²) in [6.45, 7) is -0.117. The van der Waals surface area contributed by atoms with E-state index in [1.54, 1.807) is 12.1 Å². The summed E-state index contributed by atoms with van der Waals surface area (Å²) in [4.78, 5) is 13.0. The average molecular weight is 597 g/mol. The number of ether oxygens (including phenoxy) is 4. The summed E-state index contributed by atoms with van der Waals surface area (Å²) >= 11 is 0. The zero-order valence-corrected chi connectivity index (χ0v) is 22.6. The van der Waals surface area contributed by atoms with Crippen LogP contribution in [0.3, 0.4) is 0 Å². The number of carbonyl (C=O) groups is 1. The Balaban J connectivity index is 1.71. The van der Waals surface area contributed by atoms with Crippen LogP contribution in [-0.2, 0) is 22.3 Å². The van der Waals surface area contributed by atoms with Gasteiger partial charge in [-0.15, -0.1) is 0 Å². The van der Waals surface area contributed by atoms with Gasteiger partial charge in [-0.1, -0.05) is 12.1 Å². The van der Waals surface area contributed by atoms with Crippen molar-refractivity contribution >= 4 is 5.78 Å². The maximum Gasteiger partial charge on any atom is 0.229 e. The van der Waals surface area contributed by atoms with Gasteiger partial charge in [0.05, 0.1) is 18.8 Å². The fourth-order valence-electron chi connectivity index (χ4n) is 4.96. The van der Waals surface area contributed by atoms with Gasteiger partial charge in [-0.05, 0) is 49.6 Å². The van der Waals surface area contributed by atoms with Crippen molar-refractivity contribution in [3.05, 3.63) is 53.1 Å². The Labute approximate surface area is 240 Å². The number of aliphatic hydroxyl groups is 8. The predicted octanol–water partition coefficient (Wildman–Crippen LogP) is -2.26. The number of Topliss-reactive ketones (excluding diaryl/α,β-unsaturated/α-hetero) is 1. The molecule has 0 radical (unpaired) electrons. The topological polar surface area (TPSA) is 236 Å².